The third kappa shape index (κ3) is 7.74. The first kappa shape index (κ1) is 33.3. The van der Waals surface area contributed by atoms with Gasteiger partial charge in [-0.2, -0.15) is 10.1 Å². The highest BCUT2D eigenvalue weighted by Crippen LogP contribution is 2.38. The number of rotatable bonds is 10. The summed E-state index contributed by atoms with van der Waals surface area (Å²) in [4.78, 5) is 25.2. The maximum Gasteiger partial charge on any atom is 0.338 e. The molecule has 1 fully saturated rings. The van der Waals surface area contributed by atoms with Gasteiger partial charge in [0.25, 0.3) is 0 Å². The first-order valence-electron chi connectivity index (χ1n) is 14.3. The molecule has 234 valence electrons. The molecule has 3 N–H and O–H groups in total. The monoisotopic (exact) mass is 659 g/mol. The molecule has 2 aliphatic rings. The van der Waals surface area contributed by atoms with E-state index in [0.29, 0.717) is 17.6 Å². The van der Waals surface area contributed by atoms with Crippen molar-refractivity contribution in [2.75, 3.05) is 43.4 Å². The van der Waals surface area contributed by atoms with Crippen molar-refractivity contribution in [2.24, 2.45) is 0 Å². The van der Waals surface area contributed by atoms with Crippen LogP contribution in [0.2, 0.25) is 5.02 Å². The number of fused-ring (bicyclic) bond motifs is 3. The molecule has 6 rings (SSSR count). The number of hydrogen-bond acceptors (Lipinski definition) is 8. The maximum atomic E-state index is 11.0. The third-order valence-corrected chi connectivity index (χ3v) is 8.21. The van der Waals surface area contributed by atoms with Crippen molar-refractivity contribution < 1.29 is 14.6 Å². The number of aromatic carboxylic acids is 1. The Hall–Kier alpha value is -3.57. The molecule has 0 unspecified atom stereocenters. The number of aryl methyl sites for hydroxylation is 2. The van der Waals surface area contributed by atoms with Crippen LogP contribution in [0.1, 0.15) is 39.9 Å². The Morgan fingerprint density at radius 1 is 0.977 bits per heavy atom. The molecular weight excluding hydrogens is 625 g/mol. The highest BCUT2D eigenvalue weighted by molar-refractivity contribution is 6.30. The molecule has 0 atom stereocenters. The van der Waals surface area contributed by atoms with Crippen molar-refractivity contribution in [3.63, 3.8) is 0 Å². The second-order valence-electron chi connectivity index (χ2n) is 10.8. The minimum Gasteiger partial charge on any atom is -0.489 e. The summed E-state index contributed by atoms with van der Waals surface area (Å²) in [5, 5.41) is 13.9. The van der Waals surface area contributed by atoms with Crippen LogP contribution in [0.3, 0.4) is 0 Å². The van der Waals surface area contributed by atoms with Crippen molar-refractivity contribution in [2.45, 2.75) is 38.8 Å². The van der Waals surface area contributed by atoms with Crippen molar-refractivity contribution in [3.8, 4) is 17.0 Å². The van der Waals surface area contributed by atoms with Gasteiger partial charge in [0, 0.05) is 55.1 Å². The van der Waals surface area contributed by atoms with Gasteiger partial charge >= 0.3 is 5.97 Å². The summed E-state index contributed by atoms with van der Waals surface area (Å²) < 4.78 is 7.77. The van der Waals surface area contributed by atoms with Crippen LogP contribution in [0.15, 0.2) is 54.9 Å². The van der Waals surface area contributed by atoms with Gasteiger partial charge in [0.15, 0.2) is 0 Å². The summed E-state index contributed by atoms with van der Waals surface area (Å²) in [6.07, 6.45) is 6.71. The number of nitrogen functional groups attached to an aromatic ring is 1. The van der Waals surface area contributed by atoms with Gasteiger partial charge in [-0.15, -0.1) is 24.8 Å². The van der Waals surface area contributed by atoms with E-state index in [1.54, 1.807) is 10.9 Å². The number of carboxylic acid groups (broad SMARTS) is 1. The Balaban J connectivity index is 0.00000221. The van der Waals surface area contributed by atoms with E-state index >= 15 is 0 Å². The lowest BCUT2D eigenvalue weighted by molar-refractivity contribution is 0.0696. The quantitative estimate of drug-likeness (QED) is 0.215. The number of carbonyl (C=O) groups is 1. The summed E-state index contributed by atoms with van der Waals surface area (Å²) in [7, 11) is 0. The Bertz CT molecular complexity index is 1570. The first-order chi connectivity index (χ1) is 20.4. The highest BCUT2D eigenvalue weighted by Gasteiger charge is 2.27. The molecule has 0 bridgehead atoms. The van der Waals surface area contributed by atoms with Crippen LogP contribution in [0.5, 0.6) is 5.75 Å². The van der Waals surface area contributed by atoms with Crippen LogP contribution in [-0.4, -0.2) is 68.4 Å². The van der Waals surface area contributed by atoms with Crippen molar-refractivity contribution >= 4 is 54.2 Å². The number of nitrogens with two attached hydrogens (primary N) is 1. The van der Waals surface area contributed by atoms with E-state index in [4.69, 9.17) is 32.2 Å². The molecule has 1 saturated heterocycles. The van der Waals surface area contributed by atoms with Gasteiger partial charge in [0.2, 0.25) is 5.95 Å². The average molecular weight is 661 g/mol. The highest BCUT2D eigenvalue weighted by atomic mass is 35.5. The molecule has 1 aliphatic carbocycles. The number of hydrogen-bond donors (Lipinski definition) is 2. The lowest BCUT2D eigenvalue weighted by atomic mass is 9.88. The molecule has 0 amide bonds. The van der Waals surface area contributed by atoms with Crippen molar-refractivity contribution in [1.29, 1.82) is 0 Å². The van der Waals surface area contributed by atoms with Gasteiger partial charge in [0.1, 0.15) is 18.2 Å². The number of halogens is 3. The lowest BCUT2D eigenvalue weighted by Crippen LogP contribution is -2.47. The molecule has 3 heterocycles. The van der Waals surface area contributed by atoms with E-state index in [-0.39, 0.29) is 30.4 Å². The first-order valence-corrected chi connectivity index (χ1v) is 14.7. The van der Waals surface area contributed by atoms with E-state index in [9.17, 15) is 4.79 Å². The van der Waals surface area contributed by atoms with E-state index in [1.807, 2.05) is 30.3 Å². The molecule has 1 aliphatic heterocycles. The van der Waals surface area contributed by atoms with Gasteiger partial charge in [-0.3, -0.25) is 9.58 Å². The van der Waals surface area contributed by atoms with E-state index in [1.165, 1.54) is 17.3 Å². The number of benzene rings is 2. The molecule has 4 aromatic rings. The largest absolute Gasteiger partial charge is 0.489 e. The van der Waals surface area contributed by atoms with Gasteiger partial charge < -0.3 is 20.5 Å². The number of carboxylic acids is 1. The predicted molar refractivity (Wildman–Crippen MR) is 177 cm³/mol. The van der Waals surface area contributed by atoms with E-state index in [0.717, 1.165) is 93.3 Å². The number of piperazine rings is 1. The van der Waals surface area contributed by atoms with Gasteiger partial charge in [-0.25, -0.2) is 9.78 Å². The molecule has 0 spiro atoms. The number of unbranched alkanes of at least 4 members (excludes halogenated alkanes) is 1. The zero-order chi connectivity index (χ0) is 29.1. The maximum absolute atomic E-state index is 11.0. The fourth-order valence-corrected chi connectivity index (χ4v) is 5.82. The summed E-state index contributed by atoms with van der Waals surface area (Å²) >= 11 is 6.00. The lowest BCUT2D eigenvalue weighted by Gasteiger charge is -2.37. The molecular formula is C31H36Cl3N7O3. The third-order valence-electron chi connectivity index (χ3n) is 7.96. The van der Waals surface area contributed by atoms with E-state index in [2.05, 4.69) is 32.0 Å². The van der Waals surface area contributed by atoms with Crippen LogP contribution >= 0.6 is 36.4 Å². The van der Waals surface area contributed by atoms with Crippen molar-refractivity contribution in [3.05, 3.63) is 82.1 Å². The fraction of sp³-hybridized carbons (Fsp3) is 0.355. The Morgan fingerprint density at radius 2 is 1.73 bits per heavy atom. The summed E-state index contributed by atoms with van der Waals surface area (Å²) in [6, 6.07) is 13.9. The normalized spacial score (nSPS) is 14.2. The zero-order valence-corrected chi connectivity index (χ0v) is 26.6. The second-order valence-corrected chi connectivity index (χ2v) is 11.2. The second kappa shape index (κ2) is 14.9. The van der Waals surface area contributed by atoms with Crippen LogP contribution in [0, 0.1) is 0 Å². The summed E-state index contributed by atoms with van der Waals surface area (Å²) in [5.41, 5.74) is 11.9. The van der Waals surface area contributed by atoms with Crippen LogP contribution in [0.4, 0.5) is 11.8 Å². The van der Waals surface area contributed by atoms with E-state index < -0.39 is 5.97 Å². The number of ether oxygens (including phenoxy) is 1. The fourth-order valence-electron chi connectivity index (χ4n) is 5.70. The molecule has 2 aromatic carbocycles. The molecule has 0 saturated carbocycles. The Kier molecular flexibility index (Phi) is 11.3. The standard InChI is InChI=1S/C31H34ClN7O3.2ClH/c32-24-6-3-21(4-7-24)20-42-25-8-10-26-22(17-25)5-9-27-28(26)35-31(33)36-29(27)38-15-13-37(14-16-38)11-1-2-12-39-19-23(18-34-39)30(40)41;;/h3-4,6-8,10,17-19H,1-2,5,9,11-16,20H2,(H,40,41)(H2,33,35,36);2*1H. The molecule has 10 nitrogen and oxygen atoms in total. The molecule has 2 aromatic heterocycles. The van der Waals surface area contributed by atoms with Crippen LogP contribution in [0.25, 0.3) is 11.3 Å². The molecule has 13 heteroatoms. The number of aromatic nitrogens is 4. The molecule has 44 heavy (non-hydrogen) atoms. The minimum absolute atomic E-state index is 0. The zero-order valence-electron chi connectivity index (χ0n) is 24.2. The average Bonchev–Trinajstić information content (AvgIpc) is 3.48. The number of nitrogens with zero attached hydrogens (tertiary/aromatic N) is 6. The van der Waals surface area contributed by atoms with Gasteiger partial charge in [0.05, 0.1) is 17.5 Å². The van der Waals surface area contributed by atoms with Gasteiger partial charge in [-0.05, 0) is 73.7 Å². The number of anilines is 2. The van der Waals surface area contributed by atoms with Gasteiger partial charge in [-0.1, -0.05) is 23.7 Å². The minimum atomic E-state index is -0.944. The van der Waals surface area contributed by atoms with Crippen LogP contribution in [-0.2, 0) is 26.0 Å². The van der Waals surface area contributed by atoms with Crippen LogP contribution < -0.4 is 15.4 Å². The smallest absolute Gasteiger partial charge is 0.338 e. The Morgan fingerprint density at radius 3 is 2.45 bits per heavy atom. The van der Waals surface area contributed by atoms with Crippen molar-refractivity contribution in [1.82, 2.24) is 24.6 Å². The summed E-state index contributed by atoms with van der Waals surface area (Å²) in [6.45, 7) is 5.87. The summed E-state index contributed by atoms with van der Waals surface area (Å²) in [5.74, 6) is 1.14. The Labute approximate surface area is 274 Å². The SMILES string of the molecule is Cl.Cl.Nc1nc2c(c(N3CCN(CCCCn4cc(C(=O)O)cn4)CC3)n1)CCc1cc(OCc3ccc(Cl)cc3)ccc1-2. The predicted octanol–water partition coefficient (Wildman–Crippen LogP) is 5.40. The topological polar surface area (TPSA) is 123 Å². The molecule has 0 radical (unpaired) electrons.